The van der Waals surface area contributed by atoms with E-state index in [9.17, 15) is 0 Å². The van der Waals surface area contributed by atoms with E-state index >= 15 is 0 Å². The molecule has 1 aromatic heterocycles. The summed E-state index contributed by atoms with van der Waals surface area (Å²) >= 11 is 2.20. The maximum absolute atomic E-state index is 5.76. The first-order valence-corrected chi connectivity index (χ1v) is 7.24. The molecule has 0 radical (unpaired) electrons. The summed E-state index contributed by atoms with van der Waals surface area (Å²) in [4.78, 5) is 0. The van der Waals surface area contributed by atoms with Crippen LogP contribution in [0.4, 0.5) is 5.95 Å². The molecule has 0 aliphatic heterocycles. The monoisotopic (exact) mass is 402 g/mol. The summed E-state index contributed by atoms with van der Waals surface area (Å²) in [6.45, 7) is 3.94. The van der Waals surface area contributed by atoms with Gasteiger partial charge in [0.1, 0.15) is 0 Å². The Kier molecular flexibility index (Phi) is 5.31. The van der Waals surface area contributed by atoms with E-state index in [0.29, 0.717) is 11.7 Å². The molecular formula is C12H15IN6O2. The fourth-order valence-electron chi connectivity index (χ4n) is 1.54. The average molecular weight is 402 g/mol. The van der Waals surface area contributed by atoms with Crippen molar-refractivity contribution in [3.63, 3.8) is 0 Å². The van der Waals surface area contributed by atoms with Crippen molar-refractivity contribution in [2.24, 2.45) is 5.10 Å². The normalized spacial score (nSPS) is 11.1. The van der Waals surface area contributed by atoms with Crippen LogP contribution in [0.5, 0.6) is 11.5 Å². The van der Waals surface area contributed by atoms with Crippen molar-refractivity contribution in [2.45, 2.75) is 20.0 Å². The van der Waals surface area contributed by atoms with Crippen molar-refractivity contribution in [2.75, 3.05) is 12.5 Å². The lowest BCUT2D eigenvalue weighted by atomic mass is 10.2. The van der Waals surface area contributed by atoms with E-state index in [1.165, 1.54) is 0 Å². The quantitative estimate of drug-likeness (QED) is 0.436. The van der Waals surface area contributed by atoms with Gasteiger partial charge < -0.3 is 9.47 Å². The number of aromatic amines is 1. The molecule has 0 bridgehead atoms. The minimum absolute atomic E-state index is 0.0758. The highest BCUT2D eigenvalue weighted by atomic mass is 127. The number of rotatable bonds is 6. The van der Waals surface area contributed by atoms with Crippen LogP contribution >= 0.6 is 22.6 Å². The van der Waals surface area contributed by atoms with Crippen LogP contribution in [0.25, 0.3) is 0 Å². The standard InChI is InChI=1S/C12H15IN6O2/c1-7(2)21-11-9(13)4-8(5-10(11)20-3)6-14-15-12-16-18-19-17-12/h4-7H,1-3H3,(H2,15,16,17,18,19)/b14-6-. The maximum Gasteiger partial charge on any atom is 0.283 e. The number of anilines is 1. The molecule has 2 aromatic rings. The first kappa shape index (κ1) is 15.5. The van der Waals surface area contributed by atoms with Crippen molar-refractivity contribution in [1.29, 1.82) is 0 Å². The Morgan fingerprint density at radius 1 is 1.43 bits per heavy atom. The molecule has 9 heteroatoms. The summed E-state index contributed by atoms with van der Waals surface area (Å²) in [6, 6.07) is 3.80. The van der Waals surface area contributed by atoms with Crippen molar-refractivity contribution in [1.82, 2.24) is 20.6 Å². The molecule has 0 unspecified atom stereocenters. The SMILES string of the molecule is COc1cc(/C=N\Nc2nn[nH]n2)cc(I)c1OC(C)C. The number of nitrogens with zero attached hydrogens (tertiary/aromatic N) is 4. The summed E-state index contributed by atoms with van der Waals surface area (Å²) in [5.74, 6) is 1.70. The minimum Gasteiger partial charge on any atom is -0.493 e. The van der Waals surface area contributed by atoms with E-state index in [0.717, 1.165) is 14.9 Å². The van der Waals surface area contributed by atoms with Gasteiger partial charge in [0.25, 0.3) is 5.95 Å². The Morgan fingerprint density at radius 3 is 2.86 bits per heavy atom. The highest BCUT2D eigenvalue weighted by Gasteiger charge is 2.12. The lowest BCUT2D eigenvalue weighted by molar-refractivity contribution is 0.228. The minimum atomic E-state index is 0.0758. The van der Waals surface area contributed by atoms with Crippen LogP contribution in [0.1, 0.15) is 19.4 Å². The van der Waals surface area contributed by atoms with Crippen LogP contribution in [0.15, 0.2) is 17.2 Å². The summed E-state index contributed by atoms with van der Waals surface area (Å²) in [7, 11) is 1.61. The number of halogens is 1. The molecule has 0 aliphatic carbocycles. The van der Waals surface area contributed by atoms with Gasteiger partial charge in [0.05, 0.1) is 23.0 Å². The second-order valence-electron chi connectivity index (χ2n) is 4.31. The number of benzene rings is 1. The second-order valence-corrected chi connectivity index (χ2v) is 5.47. The van der Waals surface area contributed by atoms with Crippen molar-refractivity contribution in [3.8, 4) is 11.5 Å². The highest BCUT2D eigenvalue weighted by molar-refractivity contribution is 14.1. The zero-order valence-electron chi connectivity index (χ0n) is 11.8. The average Bonchev–Trinajstić information content (AvgIpc) is 2.94. The lowest BCUT2D eigenvalue weighted by Crippen LogP contribution is -2.08. The molecule has 112 valence electrons. The molecule has 8 nitrogen and oxygen atoms in total. The molecule has 0 spiro atoms. The van der Waals surface area contributed by atoms with Gasteiger partial charge in [-0.1, -0.05) is 5.10 Å². The van der Waals surface area contributed by atoms with E-state index in [1.54, 1.807) is 13.3 Å². The van der Waals surface area contributed by atoms with Gasteiger partial charge in [-0.05, 0) is 59.3 Å². The fraction of sp³-hybridized carbons (Fsp3) is 0.333. The Balaban J connectivity index is 2.17. The van der Waals surface area contributed by atoms with Crippen LogP contribution < -0.4 is 14.9 Å². The van der Waals surface area contributed by atoms with E-state index in [1.807, 2.05) is 26.0 Å². The highest BCUT2D eigenvalue weighted by Crippen LogP contribution is 2.34. The van der Waals surface area contributed by atoms with Crippen molar-refractivity contribution >= 4 is 34.8 Å². The van der Waals surface area contributed by atoms with Gasteiger partial charge in [0, 0.05) is 0 Å². The second kappa shape index (κ2) is 7.20. The number of aromatic nitrogens is 4. The Bertz CT molecular complexity index is 614. The van der Waals surface area contributed by atoms with Crippen LogP contribution in [0, 0.1) is 3.57 Å². The van der Waals surface area contributed by atoms with Crippen LogP contribution in [-0.4, -0.2) is 40.1 Å². The Hall–Kier alpha value is -1.91. The van der Waals surface area contributed by atoms with E-state index in [-0.39, 0.29) is 6.10 Å². The summed E-state index contributed by atoms with van der Waals surface area (Å²) in [5, 5.41) is 17.2. The fourth-order valence-corrected chi connectivity index (χ4v) is 2.29. The molecule has 21 heavy (non-hydrogen) atoms. The number of hydrogen-bond donors (Lipinski definition) is 2. The molecule has 0 saturated carbocycles. The van der Waals surface area contributed by atoms with Gasteiger partial charge in [-0.25, -0.2) is 5.43 Å². The molecule has 0 saturated heterocycles. The number of nitrogens with one attached hydrogen (secondary N) is 2. The van der Waals surface area contributed by atoms with Gasteiger partial charge in [-0.15, -0.1) is 5.10 Å². The molecule has 1 heterocycles. The number of methoxy groups -OCH3 is 1. The van der Waals surface area contributed by atoms with Crippen molar-refractivity contribution in [3.05, 3.63) is 21.3 Å². The Labute approximate surface area is 135 Å². The number of hydrogen-bond acceptors (Lipinski definition) is 7. The molecule has 0 aliphatic rings. The van der Waals surface area contributed by atoms with Gasteiger partial charge in [-0.2, -0.15) is 10.3 Å². The Morgan fingerprint density at radius 2 is 2.24 bits per heavy atom. The first-order chi connectivity index (χ1) is 10.1. The smallest absolute Gasteiger partial charge is 0.283 e. The lowest BCUT2D eigenvalue weighted by Gasteiger charge is -2.15. The molecule has 2 N–H and O–H groups in total. The topological polar surface area (TPSA) is 97.3 Å². The number of tetrazole rings is 1. The predicted molar refractivity (Wildman–Crippen MR) is 86.9 cm³/mol. The summed E-state index contributed by atoms with van der Waals surface area (Å²) in [6.07, 6.45) is 1.71. The number of hydrazone groups is 1. The molecule has 0 fully saturated rings. The zero-order valence-corrected chi connectivity index (χ0v) is 14.0. The van der Waals surface area contributed by atoms with Gasteiger partial charge in [0.15, 0.2) is 11.5 Å². The predicted octanol–water partition coefficient (Wildman–Crippen LogP) is 2.05. The van der Waals surface area contributed by atoms with E-state index in [4.69, 9.17) is 9.47 Å². The number of ether oxygens (including phenoxy) is 2. The maximum atomic E-state index is 5.76. The largest absolute Gasteiger partial charge is 0.493 e. The molecule has 2 rings (SSSR count). The zero-order chi connectivity index (χ0) is 15.2. The molecular weight excluding hydrogens is 387 g/mol. The third kappa shape index (κ3) is 4.28. The molecule has 0 amide bonds. The summed E-state index contributed by atoms with van der Waals surface area (Å²) in [5.41, 5.74) is 3.52. The van der Waals surface area contributed by atoms with Gasteiger partial charge in [0.2, 0.25) is 0 Å². The third-order valence-electron chi connectivity index (χ3n) is 2.33. The van der Waals surface area contributed by atoms with Crippen LogP contribution in [0.3, 0.4) is 0 Å². The van der Waals surface area contributed by atoms with Gasteiger partial charge in [-0.3, -0.25) is 0 Å². The third-order valence-corrected chi connectivity index (χ3v) is 3.13. The van der Waals surface area contributed by atoms with Crippen LogP contribution in [0.2, 0.25) is 0 Å². The van der Waals surface area contributed by atoms with E-state index in [2.05, 4.69) is 53.7 Å². The number of H-pyrrole nitrogens is 1. The molecule has 0 atom stereocenters. The van der Waals surface area contributed by atoms with E-state index < -0.39 is 0 Å². The summed E-state index contributed by atoms with van der Waals surface area (Å²) < 4.78 is 12.1. The first-order valence-electron chi connectivity index (χ1n) is 6.17. The molecule has 1 aromatic carbocycles. The van der Waals surface area contributed by atoms with Crippen molar-refractivity contribution < 1.29 is 9.47 Å². The van der Waals surface area contributed by atoms with Crippen LogP contribution in [-0.2, 0) is 0 Å². The van der Waals surface area contributed by atoms with Gasteiger partial charge >= 0.3 is 0 Å².